The van der Waals surface area contributed by atoms with Crippen LogP contribution in [0.15, 0.2) is 24.3 Å². The molecular formula is C17H25NO3. The molecule has 4 nitrogen and oxygen atoms in total. The zero-order valence-electron chi connectivity index (χ0n) is 12.9. The summed E-state index contributed by atoms with van der Waals surface area (Å²) in [5, 5.41) is 9.07. The summed E-state index contributed by atoms with van der Waals surface area (Å²) in [7, 11) is 0. The van der Waals surface area contributed by atoms with Gasteiger partial charge < -0.3 is 9.84 Å². The van der Waals surface area contributed by atoms with Crippen LogP contribution in [0, 0.1) is 0 Å². The Morgan fingerprint density at radius 2 is 2.00 bits per heavy atom. The average molecular weight is 291 g/mol. The maximum Gasteiger partial charge on any atom is 0.335 e. The van der Waals surface area contributed by atoms with Gasteiger partial charge in [0.05, 0.1) is 5.56 Å². The maximum absolute atomic E-state index is 11.0. The molecule has 1 N–H and O–H groups in total. The summed E-state index contributed by atoms with van der Waals surface area (Å²) in [6, 6.07) is 7.24. The third-order valence-electron chi connectivity index (χ3n) is 4.32. The van der Waals surface area contributed by atoms with Gasteiger partial charge in [0.2, 0.25) is 0 Å². The number of ether oxygens (including phenoxy) is 1. The lowest BCUT2D eigenvalue weighted by atomic mass is 9.91. The summed E-state index contributed by atoms with van der Waals surface area (Å²) in [5.74, 6) is -0.247. The summed E-state index contributed by atoms with van der Waals surface area (Å²) < 4.78 is 6.14. The predicted octanol–water partition coefficient (Wildman–Crippen LogP) is 3.42. The van der Waals surface area contributed by atoms with Crippen molar-refractivity contribution in [3.8, 4) is 5.75 Å². The fourth-order valence-corrected chi connectivity index (χ4v) is 3.20. The van der Waals surface area contributed by atoms with E-state index < -0.39 is 5.97 Å². The number of aromatic carboxylic acids is 1. The fraction of sp³-hybridized carbons (Fsp3) is 0.588. The molecule has 1 aliphatic carbocycles. The second-order valence-corrected chi connectivity index (χ2v) is 5.56. The number of likely N-dealkylation sites (N-methyl/N-ethyl adjacent to an activating group) is 1. The van der Waals surface area contributed by atoms with Gasteiger partial charge in [-0.2, -0.15) is 0 Å². The van der Waals surface area contributed by atoms with Crippen molar-refractivity contribution >= 4 is 5.97 Å². The van der Waals surface area contributed by atoms with Crippen LogP contribution < -0.4 is 4.74 Å². The molecular weight excluding hydrogens is 266 g/mol. The summed E-state index contributed by atoms with van der Waals surface area (Å²) in [4.78, 5) is 13.5. The van der Waals surface area contributed by atoms with Crippen LogP contribution in [-0.2, 0) is 0 Å². The first kappa shape index (κ1) is 15.8. The number of carboxylic acid groups (broad SMARTS) is 1. The highest BCUT2D eigenvalue weighted by Gasteiger charge is 2.30. The number of carbonyl (C=O) groups is 1. The van der Waals surface area contributed by atoms with E-state index in [2.05, 4.69) is 18.7 Å². The largest absolute Gasteiger partial charge is 0.489 e. The van der Waals surface area contributed by atoms with E-state index in [4.69, 9.17) is 9.84 Å². The molecule has 0 saturated heterocycles. The molecule has 1 aromatic rings. The number of hydrogen-bond donors (Lipinski definition) is 1. The first-order valence-electron chi connectivity index (χ1n) is 7.89. The van der Waals surface area contributed by atoms with E-state index in [1.165, 1.54) is 12.8 Å². The summed E-state index contributed by atoms with van der Waals surface area (Å²) in [6.07, 6.45) is 4.78. The van der Waals surface area contributed by atoms with E-state index in [9.17, 15) is 4.79 Å². The number of nitrogens with zero attached hydrogens (tertiary/aromatic N) is 1. The van der Waals surface area contributed by atoms with Crippen molar-refractivity contribution < 1.29 is 14.6 Å². The molecule has 0 amide bonds. The van der Waals surface area contributed by atoms with Crippen molar-refractivity contribution in [2.45, 2.75) is 51.7 Å². The molecule has 0 heterocycles. The Kier molecular flexibility index (Phi) is 5.62. The van der Waals surface area contributed by atoms with Gasteiger partial charge in [0.15, 0.2) is 0 Å². The Balaban J connectivity index is 2.11. The zero-order valence-corrected chi connectivity index (χ0v) is 12.9. The molecule has 1 aliphatic rings. The molecule has 2 atom stereocenters. The van der Waals surface area contributed by atoms with Gasteiger partial charge in [-0.3, -0.25) is 4.90 Å². The Morgan fingerprint density at radius 1 is 1.29 bits per heavy atom. The Labute approximate surface area is 126 Å². The molecule has 4 heteroatoms. The predicted molar refractivity (Wildman–Crippen MR) is 83.0 cm³/mol. The highest BCUT2D eigenvalue weighted by atomic mass is 16.5. The van der Waals surface area contributed by atoms with Crippen LogP contribution in [0.3, 0.4) is 0 Å². The number of rotatable bonds is 6. The van der Waals surface area contributed by atoms with E-state index in [0.29, 0.717) is 11.8 Å². The third-order valence-corrected chi connectivity index (χ3v) is 4.32. The molecule has 1 fully saturated rings. The van der Waals surface area contributed by atoms with E-state index in [-0.39, 0.29) is 11.7 Å². The first-order chi connectivity index (χ1) is 10.2. The molecule has 2 unspecified atom stereocenters. The van der Waals surface area contributed by atoms with Crippen LogP contribution in [0.1, 0.15) is 49.9 Å². The maximum atomic E-state index is 11.0. The highest BCUT2D eigenvalue weighted by Crippen LogP contribution is 2.27. The van der Waals surface area contributed by atoms with Gasteiger partial charge in [0.1, 0.15) is 11.9 Å². The topological polar surface area (TPSA) is 49.8 Å². The van der Waals surface area contributed by atoms with Crippen molar-refractivity contribution in [1.29, 1.82) is 0 Å². The minimum Gasteiger partial charge on any atom is -0.489 e. The lowest BCUT2D eigenvalue weighted by Gasteiger charge is -2.39. The van der Waals surface area contributed by atoms with E-state index in [0.717, 1.165) is 25.9 Å². The van der Waals surface area contributed by atoms with Crippen LogP contribution in [0.4, 0.5) is 0 Å². The van der Waals surface area contributed by atoms with Crippen LogP contribution in [0.5, 0.6) is 5.75 Å². The molecule has 21 heavy (non-hydrogen) atoms. The molecule has 0 radical (unpaired) electrons. The van der Waals surface area contributed by atoms with Gasteiger partial charge in [0.25, 0.3) is 0 Å². The van der Waals surface area contributed by atoms with Gasteiger partial charge in [-0.25, -0.2) is 4.79 Å². The normalized spacial score (nSPS) is 22.2. The van der Waals surface area contributed by atoms with Gasteiger partial charge in [-0.1, -0.05) is 26.3 Å². The van der Waals surface area contributed by atoms with Crippen molar-refractivity contribution in [2.24, 2.45) is 0 Å². The van der Waals surface area contributed by atoms with Crippen LogP contribution in [0.25, 0.3) is 0 Å². The lowest BCUT2D eigenvalue weighted by Crippen LogP contribution is -2.47. The summed E-state index contributed by atoms with van der Waals surface area (Å²) in [6.45, 7) is 6.41. The second-order valence-electron chi connectivity index (χ2n) is 5.56. The Morgan fingerprint density at radius 3 is 2.67 bits per heavy atom. The first-order valence-corrected chi connectivity index (χ1v) is 7.89. The summed E-state index contributed by atoms with van der Waals surface area (Å²) >= 11 is 0. The Bertz CT molecular complexity index is 471. The molecule has 1 aromatic carbocycles. The van der Waals surface area contributed by atoms with Crippen LogP contribution in [-0.4, -0.2) is 41.2 Å². The Hall–Kier alpha value is -1.55. The highest BCUT2D eigenvalue weighted by molar-refractivity contribution is 5.87. The SMILES string of the molecule is CCN(CC)C1CCCCC1Oc1cccc(C(=O)O)c1. The lowest BCUT2D eigenvalue weighted by molar-refractivity contribution is 0.0411. The second kappa shape index (κ2) is 7.46. The van der Waals surface area contributed by atoms with Crippen molar-refractivity contribution in [1.82, 2.24) is 4.90 Å². The van der Waals surface area contributed by atoms with Gasteiger partial charge in [-0.15, -0.1) is 0 Å². The molecule has 0 bridgehead atoms. The quantitative estimate of drug-likeness (QED) is 0.872. The fourth-order valence-electron chi connectivity index (χ4n) is 3.20. The minimum atomic E-state index is -0.913. The number of benzene rings is 1. The number of hydrogen-bond acceptors (Lipinski definition) is 3. The van der Waals surface area contributed by atoms with E-state index in [1.807, 2.05) is 6.07 Å². The van der Waals surface area contributed by atoms with Crippen LogP contribution >= 0.6 is 0 Å². The molecule has 116 valence electrons. The molecule has 0 aliphatic heterocycles. The standard InChI is InChI=1S/C17H25NO3/c1-3-18(4-2)15-10-5-6-11-16(15)21-14-9-7-8-13(12-14)17(19)20/h7-9,12,15-16H,3-6,10-11H2,1-2H3,(H,19,20). The molecule has 2 rings (SSSR count). The molecule has 0 aromatic heterocycles. The van der Waals surface area contributed by atoms with Gasteiger partial charge in [-0.05, 0) is 50.6 Å². The third kappa shape index (κ3) is 3.97. The summed E-state index contributed by atoms with van der Waals surface area (Å²) in [5.41, 5.74) is 0.280. The van der Waals surface area contributed by atoms with Gasteiger partial charge in [0, 0.05) is 6.04 Å². The number of carboxylic acids is 1. The monoisotopic (exact) mass is 291 g/mol. The average Bonchev–Trinajstić information content (AvgIpc) is 2.50. The minimum absolute atomic E-state index is 0.155. The van der Waals surface area contributed by atoms with Gasteiger partial charge >= 0.3 is 5.97 Å². The van der Waals surface area contributed by atoms with Crippen molar-refractivity contribution in [3.05, 3.63) is 29.8 Å². The van der Waals surface area contributed by atoms with E-state index in [1.54, 1.807) is 18.2 Å². The van der Waals surface area contributed by atoms with E-state index >= 15 is 0 Å². The smallest absolute Gasteiger partial charge is 0.335 e. The molecule has 0 spiro atoms. The van der Waals surface area contributed by atoms with Crippen molar-refractivity contribution in [2.75, 3.05) is 13.1 Å². The van der Waals surface area contributed by atoms with Crippen LogP contribution in [0.2, 0.25) is 0 Å². The zero-order chi connectivity index (χ0) is 15.2. The van der Waals surface area contributed by atoms with Crippen molar-refractivity contribution in [3.63, 3.8) is 0 Å². The molecule has 1 saturated carbocycles.